The van der Waals surface area contributed by atoms with Crippen molar-refractivity contribution >= 4 is 29.6 Å². The average molecular weight is 374 g/mol. The monoisotopic (exact) mass is 373 g/mol. The first kappa shape index (κ1) is 18.4. The number of hydrogen-bond acceptors (Lipinski definition) is 3. The molecule has 2 N–H and O–H groups in total. The highest BCUT2D eigenvalue weighted by Gasteiger charge is 2.42. The van der Waals surface area contributed by atoms with Crippen LogP contribution < -0.4 is 4.84 Å². The second-order valence-electron chi connectivity index (χ2n) is 7.04. The number of phenolic OH excluding ortho intramolecular Hbond substituents is 1. The Kier molecular flexibility index (Phi) is 5.78. The lowest BCUT2D eigenvalue weighted by Crippen LogP contribution is -2.52. The summed E-state index contributed by atoms with van der Waals surface area (Å²) in [6, 6.07) is 16.2. The van der Waals surface area contributed by atoms with Crippen LogP contribution in [0.5, 0.6) is 5.75 Å². The zero-order valence-electron chi connectivity index (χ0n) is 14.6. The van der Waals surface area contributed by atoms with Gasteiger partial charge in [-0.25, -0.2) is 4.84 Å². The number of nitrogens with one attached hydrogen (secondary N) is 1. The Morgan fingerprint density at radius 3 is 2.72 bits per heavy atom. The summed E-state index contributed by atoms with van der Waals surface area (Å²) in [7, 11) is 0. The van der Waals surface area contributed by atoms with Crippen LogP contribution in [0.1, 0.15) is 30.5 Å². The summed E-state index contributed by atoms with van der Waals surface area (Å²) >= 11 is 8.05. The molecule has 0 saturated carbocycles. The molecule has 2 unspecified atom stereocenters. The first-order chi connectivity index (χ1) is 12.0. The molecule has 0 saturated heterocycles. The fourth-order valence-corrected chi connectivity index (χ4v) is 5.45. The largest absolute Gasteiger partial charge is 0.508 e. The summed E-state index contributed by atoms with van der Waals surface area (Å²) in [5.41, 5.74) is 3.56. The molecule has 2 atom stereocenters. The highest BCUT2D eigenvalue weighted by molar-refractivity contribution is 8.00. The predicted molar refractivity (Wildman–Crippen MR) is 109 cm³/mol. The van der Waals surface area contributed by atoms with E-state index in [2.05, 4.69) is 55.1 Å². The highest BCUT2D eigenvalue weighted by atomic mass is 35.5. The van der Waals surface area contributed by atoms with Crippen LogP contribution in [0.4, 0.5) is 0 Å². The highest BCUT2D eigenvalue weighted by Crippen LogP contribution is 2.42. The maximum absolute atomic E-state index is 9.86. The van der Waals surface area contributed by atoms with E-state index in [4.69, 9.17) is 11.8 Å². The van der Waals surface area contributed by atoms with Crippen molar-refractivity contribution in [1.82, 2.24) is 4.84 Å². The van der Waals surface area contributed by atoms with E-state index in [0.29, 0.717) is 11.0 Å². The molecule has 0 aromatic heterocycles. The quantitative estimate of drug-likeness (QED) is 0.710. The predicted octanol–water partition coefficient (Wildman–Crippen LogP) is 5.15. The fourth-order valence-electron chi connectivity index (χ4n) is 3.60. The Hall–Kier alpha value is -1.42. The Balaban J connectivity index is 1.73. The van der Waals surface area contributed by atoms with Gasteiger partial charge in [-0.05, 0) is 47.0 Å². The van der Waals surface area contributed by atoms with Crippen molar-refractivity contribution in [3.05, 3.63) is 71.3 Å². The van der Waals surface area contributed by atoms with Crippen LogP contribution >= 0.6 is 23.5 Å². The van der Waals surface area contributed by atoms with E-state index >= 15 is 0 Å². The number of rotatable bonds is 5. The number of thioether (sulfide) groups is 1. The summed E-state index contributed by atoms with van der Waals surface area (Å²) in [5, 5.41) is 10.2. The third-order valence-corrected chi connectivity index (χ3v) is 6.48. The topological polar surface area (TPSA) is 32.3 Å². The molecule has 2 aromatic carbocycles. The summed E-state index contributed by atoms with van der Waals surface area (Å²) in [6.07, 6.45) is 5.33. The number of halogens is 1. The van der Waals surface area contributed by atoms with Crippen molar-refractivity contribution in [2.24, 2.45) is 0 Å². The lowest BCUT2D eigenvalue weighted by Gasteiger charge is -2.44. The molecule has 1 aliphatic rings. The average Bonchev–Trinajstić information content (AvgIpc) is 2.60. The van der Waals surface area contributed by atoms with Crippen LogP contribution in [0.25, 0.3) is 6.08 Å². The van der Waals surface area contributed by atoms with E-state index in [1.54, 1.807) is 6.07 Å². The van der Waals surface area contributed by atoms with E-state index in [0.717, 1.165) is 12.2 Å². The molecule has 4 heteroatoms. The van der Waals surface area contributed by atoms with Crippen LogP contribution in [0, 0.1) is 0 Å². The van der Waals surface area contributed by atoms with Crippen LogP contribution in [-0.4, -0.2) is 22.2 Å². The molecule has 0 heterocycles. The Morgan fingerprint density at radius 1 is 1.24 bits per heavy atom. The lowest BCUT2D eigenvalue weighted by atomic mass is 9.69. The number of aromatic hydroxyl groups is 1. The molecule has 0 spiro atoms. The third kappa shape index (κ3) is 4.05. The first-order valence-electron chi connectivity index (χ1n) is 8.54. The summed E-state index contributed by atoms with van der Waals surface area (Å²) in [5.74, 6) is 1.26. The number of hydrogen-bond donors (Lipinski definition) is 2. The van der Waals surface area contributed by atoms with Crippen molar-refractivity contribution in [3.8, 4) is 5.75 Å². The minimum atomic E-state index is -0.144. The SMILES string of the molecule is CC1(C)c2cc(O)ccc2CC(SC/C=C/c2ccccc2)C1NCl. The number of fused-ring (bicyclic) bond motifs is 1. The van der Waals surface area contributed by atoms with Gasteiger partial charge < -0.3 is 5.11 Å². The Labute approximate surface area is 159 Å². The molecule has 1 aliphatic carbocycles. The van der Waals surface area contributed by atoms with Crippen molar-refractivity contribution in [3.63, 3.8) is 0 Å². The van der Waals surface area contributed by atoms with E-state index in [-0.39, 0.29) is 11.5 Å². The molecule has 0 fully saturated rings. The van der Waals surface area contributed by atoms with Gasteiger partial charge in [-0.1, -0.05) is 62.4 Å². The molecular weight excluding hydrogens is 350 g/mol. The molecule has 0 bridgehead atoms. The van der Waals surface area contributed by atoms with E-state index in [9.17, 15) is 5.11 Å². The van der Waals surface area contributed by atoms with Crippen molar-refractivity contribution in [1.29, 1.82) is 0 Å². The second kappa shape index (κ2) is 7.86. The van der Waals surface area contributed by atoms with Gasteiger partial charge in [-0.15, -0.1) is 0 Å². The minimum absolute atomic E-state index is 0.138. The second-order valence-corrected chi connectivity index (χ2v) is 8.53. The normalized spacial score (nSPS) is 22.0. The van der Waals surface area contributed by atoms with Crippen molar-refractivity contribution in [2.45, 2.75) is 37.0 Å². The zero-order chi connectivity index (χ0) is 17.9. The molecule has 0 aliphatic heterocycles. The van der Waals surface area contributed by atoms with Gasteiger partial charge >= 0.3 is 0 Å². The van der Waals surface area contributed by atoms with Gasteiger partial charge in [0.15, 0.2) is 0 Å². The standard InChI is InChI=1S/C21H24ClNOS/c1-21(2)18-14-17(24)11-10-16(18)13-19(20(21)23-22)25-12-6-9-15-7-4-3-5-8-15/h3-11,14,19-20,23-24H,12-13H2,1-2H3/b9-6+. The Morgan fingerprint density at radius 2 is 2.00 bits per heavy atom. The van der Waals surface area contributed by atoms with Crippen LogP contribution in [0.15, 0.2) is 54.6 Å². The van der Waals surface area contributed by atoms with Crippen molar-refractivity contribution in [2.75, 3.05) is 5.75 Å². The molecule has 0 amide bonds. The molecule has 3 rings (SSSR count). The van der Waals surface area contributed by atoms with E-state index in [1.165, 1.54) is 16.7 Å². The molecule has 2 nitrogen and oxygen atoms in total. The van der Waals surface area contributed by atoms with Crippen LogP contribution in [-0.2, 0) is 11.8 Å². The summed E-state index contributed by atoms with van der Waals surface area (Å²) in [4.78, 5) is 3.01. The maximum Gasteiger partial charge on any atom is 0.115 e. The molecule has 25 heavy (non-hydrogen) atoms. The number of benzene rings is 2. The molecular formula is C21H24ClNOS. The minimum Gasteiger partial charge on any atom is -0.508 e. The number of phenols is 1. The molecule has 0 radical (unpaired) electrons. The van der Waals surface area contributed by atoms with Gasteiger partial charge in [0.2, 0.25) is 0 Å². The fraction of sp³-hybridized carbons (Fsp3) is 0.333. The lowest BCUT2D eigenvalue weighted by molar-refractivity contribution is 0.349. The van der Waals surface area contributed by atoms with Gasteiger partial charge in [0.05, 0.1) is 0 Å². The third-order valence-electron chi connectivity index (χ3n) is 4.99. The smallest absolute Gasteiger partial charge is 0.115 e. The van der Waals surface area contributed by atoms with Gasteiger partial charge in [0.1, 0.15) is 5.75 Å². The van der Waals surface area contributed by atoms with Gasteiger partial charge in [0, 0.05) is 22.5 Å². The summed E-state index contributed by atoms with van der Waals surface area (Å²) in [6.45, 7) is 4.38. The van der Waals surface area contributed by atoms with Gasteiger partial charge in [0.25, 0.3) is 0 Å². The maximum atomic E-state index is 9.86. The Bertz CT molecular complexity index is 745. The van der Waals surface area contributed by atoms with Crippen LogP contribution in [0.3, 0.4) is 0 Å². The van der Waals surface area contributed by atoms with Crippen molar-refractivity contribution < 1.29 is 5.11 Å². The van der Waals surface area contributed by atoms with E-state index < -0.39 is 0 Å². The van der Waals surface area contributed by atoms with E-state index in [1.807, 2.05) is 30.0 Å². The molecule has 2 aromatic rings. The van der Waals surface area contributed by atoms with Gasteiger partial charge in [-0.2, -0.15) is 11.8 Å². The first-order valence-corrected chi connectivity index (χ1v) is 9.97. The molecule has 132 valence electrons. The van der Waals surface area contributed by atoms with Crippen LogP contribution in [0.2, 0.25) is 0 Å². The summed E-state index contributed by atoms with van der Waals surface area (Å²) < 4.78 is 0. The zero-order valence-corrected chi connectivity index (χ0v) is 16.1. The van der Waals surface area contributed by atoms with Gasteiger partial charge in [-0.3, -0.25) is 0 Å².